The van der Waals surface area contributed by atoms with E-state index in [9.17, 15) is 19.2 Å². The number of piperidine rings is 2. The number of benzene rings is 2. The molecule has 0 aliphatic carbocycles. The van der Waals surface area contributed by atoms with E-state index in [-0.39, 0.29) is 24.7 Å². The SMILES string of the molecule is Cc1cc(COc2ccc(C(=O)NC3(CC(=O)NO)CCNCC3)cn2)c2ccccc2n1.O=C(CC1(NC(=O)c2ccc(OCc3ccccc3)nc2)CCNCC1)NO. The minimum atomic E-state index is -0.718. The summed E-state index contributed by atoms with van der Waals surface area (Å²) in [6.45, 7) is 5.38. The van der Waals surface area contributed by atoms with Gasteiger partial charge in [0.15, 0.2) is 0 Å². The maximum atomic E-state index is 12.8. The quantitative estimate of drug-likeness (QED) is 0.0590. The number of aryl methyl sites for hydroxylation is 1. The average Bonchev–Trinajstić information content (AvgIpc) is 3.28. The molecule has 3 aromatic heterocycles. The van der Waals surface area contributed by atoms with Gasteiger partial charge in [0.2, 0.25) is 23.6 Å². The normalized spacial score (nSPS) is 15.3. The Kier molecular flexibility index (Phi) is 15.3. The van der Waals surface area contributed by atoms with Crippen LogP contribution in [0.25, 0.3) is 10.9 Å². The Labute approximate surface area is 353 Å². The Hall–Kier alpha value is -6.53. The molecule has 2 fully saturated rings. The number of fused-ring (bicyclic) bond motifs is 1. The van der Waals surface area contributed by atoms with Crippen LogP contribution in [-0.2, 0) is 22.8 Å². The van der Waals surface area contributed by atoms with Crippen molar-refractivity contribution in [1.82, 2.24) is 47.2 Å². The van der Waals surface area contributed by atoms with Crippen molar-refractivity contribution in [3.8, 4) is 11.8 Å². The van der Waals surface area contributed by atoms with Gasteiger partial charge in [0.25, 0.3) is 11.8 Å². The first-order valence-corrected chi connectivity index (χ1v) is 20.1. The van der Waals surface area contributed by atoms with Crippen LogP contribution in [0.4, 0.5) is 0 Å². The first kappa shape index (κ1) is 44.0. The van der Waals surface area contributed by atoms with Crippen molar-refractivity contribution >= 4 is 34.5 Å². The number of hydrogen-bond donors (Lipinski definition) is 8. The molecule has 320 valence electrons. The molecule has 61 heavy (non-hydrogen) atoms. The van der Waals surface area contributed by atoms with Gasteiger partial charge in [-0.3, -0.25) is 34.6 Å². The van der Waals surface area contributed by atoms with E-state index in [2.05, 4.69) is 36.2 Å². The summed E-state index contributed by atoms with van der Waals surface area (Å²) < 4.78 is 11.5. The zero-order chi connectivity index (χ0) is 43.1. The molecule has 2 aromatic carbocycles. The van der Waals surface area contributed by atoms with E-state index in [0.29, 0.717) is 88.0 Å². The van der Waals surface area contributed by atoms with Gasteiger partial charge in [-0.25, -0.2) is 20.9 Å². The summed E-state index contributed by atoms with van der Waals surface area (Å²) >= 11 is 0. The monoisotopic (exact) mass is 833 g/mol. The number of rotatable bonds is 14. The van der Waals surface area contributed by atoms with Gasteiger partial charge in [-0.2, -0.15) is 0 Å². The second-order valence-corrected chi connectivity index (χ2v) is 15.2. The van der Waals surface area contributed by atoms with Crippen LogP contribution in [0.3, 0.4) is 0 Å². The Morgan fingerprint density at radius 2 is 1.15 bits per heavy atom. The first-order chi connectivity index (χ1) is 29.6. The van der Waals surface area contributed by atoms with Crippen LogP contribution in [0.15, 0.2) is 97.3 Å². The Bertz CT molecular complexity index is 2250. The highest BCUT2D eigenvalue weighted by Crippen LogP contribution is 2.25. The molecule has 0 radical (unpaired) electrons. The van der Waals surface area contributed by atoms with Crippen molar-refractivity contribution in [2.75, 3.05) is 26.2 Å². The topological polar surface area (TPSA) is 238 Å². The molecule has 0 atom stereocenters. The van der Waals surface area contributed by atoms with Crippen molar-refractivity contribution < 1.29 is 39.1 Å². The van der Waals surface area contributed by atoms with Crippen LogP contribution in [0.5, 0.6) is 11.8 Å². The fraction of sp³-hybridized carbons (Fsp3) is 0.341. The summed E-state index contributed by atoms with van der Waals surface area (Å²) in [5.74, 6) is -0.854. The molecule has 17 nitrogen and oxygen atoms in total. The van der Waals surface area contributed by atoms with E-state index in [1.54, 1.807) is 35.2 Å². The van der Waals surface area contributed by atoms with Gasteiger partial charge in [0.1, 0.15) is 13.2 Å². The molecule has 0 spiro atoms. The number of amides is 4. The van der Waals surface area contributed by atoms with Gasteiger partial charge in [-0.15, -0.1) is 0 Å². The summed E-state index contributed by atoms with van der Waals surface area (Å²) in [5, 5.41) is 31.1. The Morgan fingerprint density at radius 1 is 0.656 bits per heavy atom. The van der Waals surface area contributed by atoms with E-state index >= 15 is 0 Å². The van der Waals surface area contributed by atoms with Gasteiger partial charge < -0.3 is 30.7 Å². The Morgan fingerprint density at radius 3 is 1.64 bits per heavy atom. The number of hydrogen-bond acceptors (Lipinski definition) is 13. The lowest BCUT2D eigenvalue weighted by Crippen LogP contribution is -2.56. The van der Waals surface area contributed by atoms with Crippen LogP contribution in [0.2, 0.25) is 0 Å². The third-order valence-electron chi connectivity index (χ3n) is 10.7. The summed E-state index contributed by atoms with van der Waals surface area (Å²) in [5.41, 5.74) is 6.51. The van der Waals surface area contributed by atoms with Gasteiger partial charge in [-0.1, -0.05) is 48.5 Å². The highest BCUT2D eigenvalue weighted by Gasteiger charge is 2.37. The fourth-order valence-electron chi connectivity index (χ4n) is 7.42. The highest BCUT2D eigenvalue weighted by molar-refractivity contribution is 5.95. The van der Waals surface area contributed by atoms with E-state index < -0.39 is 22.9 Å². The number of carbonyl (C=O) groups is 4. The smallest absolute Gasteiger partial charge is 0.253 e. The molecule has 0 saturated carbocycles. The third kappa shape index (κ3) is 12.5. The fourth-order valence-corrected chi connectivity index (χ4v) is 7.42. The molecule has 0 unspecified atom stereocenters. The number of nitrogens with one attached hydrogen (secondary N) is 6. The summed E-state index contributed by atoms with van der Waals surface area (Å²) in [7, 11) is 0. The second kappa shape index (κ2) is 21.1. The molecule has 2 saturated heterocycles. The third-order valence-corrected chi connectivity index (χ3v) is 10.7. The van der Waals surface area contributed by atoms with Crippen LogP contribution >= 0.6 is 0 Å². The zero-order valence-corrected chi connectivity index (χ0v) is 33.9. The largest absolute Gasteiger partial charge is 0.473 e. The molecule has 4 amide bonds. The number of carbonyl (C=O) groups excluding carboxylic acids is 4. The van der Waals surface area contributed by atoms with Crippen LogP contribution < -0.4 is 41.7 Å². The molecule has 2 aliphatic rings. The van der Waals surface area contributed by atoms with Gasteiger partial charge in [-0.05, 0) is 88.6 Å². The zero-order valence-electron chi connectivity index (χ0n) is 33.9. The van der Waals surface area contributed by atoms with Crippen molar-refractivity contribution in [1.29, 1.82) is 0 Å². The number of hydroxylamine groups is 2. The van der Waals surface area contributed by atoms with Crippen LogP contribution in [0, 0.1) is 6.92 Å². The van der Waals surface area contributed by atoms with E-state index in [4.69, 9.17) is 19.9 Å². The number of para-hydroxylation sites is 1. The van der Waals surface area contributed by atoms with Crippen molar-refractivity contribution in [3.63, 3.8) is 0 Å². The molecule has 0 bridgehead atoms. The molecule has 17 heteroatoms. The van der Waals surface area contributed by atoms with Crippen LogP contribution in [0.1, 0.15) is 76.1 Å². The highest BCUT2D eigenvalue weighted by atomic mass is 16.5. The minimum absolute atomic E-state index is 0.00481. The lowest BCUT2D eigenvalue weighted by molar-refractivity contribution is -0.131. The van der Waals surface area contributed by atoms with Crippen molar-refractivity contribution in [2.24, 2.45) is 0 Å². The van der Waals surface area contributed by atoms with E-state index in [1.807, 2.05) is 67.6 Å². The first-order valence-electron chi connectivity index (χ1n) is 20.1. The molecule has 8 N–H and O–H groups in total. The maximum Gasteiger partial charge on any atom is 0.253 e. The second-order valence-electron chi connectivity index (χ2n) is 15.2. The molecule has 7 rings (SSSR count). The van der Waals surface area contributed by atoms with E-state index in [0.717, 1.165) is 27.7 Å². The lowest BCUT2D eigenvalue weighted by Gasteiger charge is -2.37. The van der Waals surface area contributed by atoms with E-state index in [1.165, 1.54) is 12.4 Å². The predicted molar refractivity (Wildman–Crippen MR) is 224 cm³/mol. The maximum absolute atomic E-state index is 12.8. The Balaban J connectivity index is 0.000000207. The lowest BCUT2D eigenvalue weighted by atomic mass is 9.84. The molecule has 2 aliphatic heterocycles. The summed E-state index contributed by atoms with van der Waals surface area (Å²) in [6, 6.07) is 26.2. The number of pyridine rings is 3. The molecule has 5 aromatic rings. The summed E-state index contributed by atoms with van der Waals surface area (Å²) in [4.78, 5) is 62.0. The molecular weight excluding hydrogens is 783 g/mol. The molecule has 5 heterocycles. The van der Waals surface area contributed by atoms with Gasteiger partial charge in [0.05, 0.1) is 40.6 Å². The summed E-state index contributed by atoms with van der Waals surface area (Å²) in [6.07, 6.45) is 5.29. The minimum Gasteiger partial charge on any atom is -0.473 e. The van der Waals surface area contributed by atoms with Crippen LogP contribution in [-0.4, -0.2) is 86.3 Å². The van der Waals surface area contributed by atoms with Crippen molar-refractivity contribution in [2.45, 2.75) is 69.7 Å². The van der Waals surface area contributed by atoms with Crippen molar-refractivity contribution in [3.05, 3.63) is 125 Å². The average molecular weight is 834 g/mol. The van der Waals surface area contributed by atoms with Gasteiger partial charge >= 0.3 is 0 Å². The molecular formula is C44H51N9O8. The van der Waals surface area contributed by atoms with Gasteiger partial charge in [0, 0.05) is 41.2 Å². The predicted octanol–water partition coefficient (Wildman–Crippen LogP) is 3.67. The standard InChI is InChI=1S/C24H27N5O4.C20H24N4O4/c1-16-12-18(19-4-2-3-5-20(19)27-16)15-33-22-7-6-17(14-26-22)23(31)28-24(13-21(30)29-32)8-10-25-11-9-24;25-17(24-27)12-20(8-10-21-11-9-20)23-19(26)16-6-7-18(22-13-16)28-14-15-4-2-1-3-5-15/h2-7,12,14,25,32H,8-11,13,15H2,1H3,(H,28,31)(H,29,30);1-7,13,21,27H,8-12,14H2,(H,23,26)(H,24,25). The number of nitrogens with zero attached hydrogens (tertiary/aromatic N) is 3. The number of ether oxygens (including phenoxy) is 2. The number of aromatic nitrogens is 3.